The molecule has 0 fully saturated rings. The minimum Gasteiger partial charge on any atom is -0.309 e. The standard InChI is InChI=1S/C35H26N2S/c1-3-4-5-9-26-21-23(2)22-30(36-26)25-11-14-27(15-12-25)37-31-16-13-24-8-6-7-10-28(24)34(31)35-29-19-20-38-33(29)18-17-32(35)37/h3-20,22H,2,21H2,1H3/b4-3-,9-5-. The molecule has 0 radical (unpaired) electrons. The van der Waals surface area contributed by atoms with Crippen LogP contribution in [0.25, 0.3) is 54.0 Å². The summed E-state index contributed by atoms with van der Waals surface area (Å²) in [4.78, 5) is 4.92. The molecule has 38 heavy (non-hydrogen) atoms. The predicted octanol–water partition coefficient (Wildman–Crippen LogP) is 10.0. The van der Waals surface area contributed by atoms with Crippen LogP contribution < -0.4 is 0 Å². The Balaban J connectivity index is 1.41. The van der Waals surface area contributed by atoms with E-state index in [-0.39, 0.29) is 0 Å². The Bertz CT molecular complexity index is 2010. The van der Waals surface area contributed by atoms with Crippen molar-refractivity contribution in [3.8, 4) is 5.69 Å². The van der Waals surface area contributed by atoms with Gasteiger partial charge in [-0.1, -0.05) is 67.3 Å². The van der Waals surface area contributed by atoms with Crippen LogP contribution in [0.4, 0.5) is 0 Å². The van der Waals surface area contributed by atoms with Crippen LogP contribution in [0.15, 0.2) is 132 Å². The first-order chi connectivity index (χ1) is 18.7. The molecule has 2 nitrogen and oxygen atoms in total. The Morgan fingerprint density at radius 3 is 2.47 bits per heavy atom. The van der Waals surface area contributed by atoms with Gasteiger partial charge in [-0.2, -0.15) is 0 Å². The van der Waals surface area contributed by atoms with Crippen LogP contribution in [0.2, 0.25) is 0 Å². The number of aliphatic imine (C=N–C) groups is 1. The SMILES string of the molecule is C=C1C=C(c2ccc(-n3c4ccc5ccccc5c4c4c5ccsc5ccc43)cc2)N=C(/C=C\C=C/C)C1. The van der Waals surface area contributed by atoms with Gasteiger partial charge in [-0.15, -0.1) is 11.3 Å². The monoisotopic (exact) mass is 506 g/mol. The molecule has 0 spiro atoms. The average molecular weight is 507 g/mol. The maximum Gasteiger partial charge on any atom is 0.0708 e. The molecule has 0 aliphatic carbocycles. The second-order valence-electron chi connectivity index (χ2n) is 9.71. The quantitative estimate of drug-likeness (QED) is 0.212. The van der Waals surface area contributed by atoms with Gasteiger partial charge in [-0.3, -0.25) is 4.99 Å². The van der Waals surface area contributed by atoms with E-state index < -0.39 is 0 Å². The van der Waals surface area contributed by atoms with Crippen LogP contribution in [0, 0.1) is 0 Å². The molecule has 3 heteroatoms. The van der Waals surface area contributed by atoms with Gasteiger partial charge in [0.05, 0.1) is 16.7 Å². The van der Waals surface area contributed by atoms with Crippen molar-refractivity contribution in [2.24, 2.45) is 4.99 Å². The van der Waals surface area contributed by atoms with Crippen LogP contribution in [0.1, 0.15) is 18.9 Å². The van der Waals surface area contributed by atoms with E-state index >= 15 is 0 Å². The third-order valence-corrected chi connectivity index (χ3v) is 8.16. The van der Waals surface area contributed by atoms with Crippen molar-refractivity contribution in [3.63, 3.8) is 0 Å². The predicted molar refractivity (Wildman–Crippen MR) is 167 cm³/mol. The van der Waals surface area contributed by atoms with Gasteiger partial charge < -0.3 is 4.57 Å². The van der Waals surface area contributed by atoms with Gasteiger partial charge in [0.25, 0.3) is 0 Å². The van der Waals surface area contributed by atoms with Gasteiger partial charge in [-0.25, -0.2) is 0 Å². The third kappa shape index (κ3) is 3.67. The Kier molecular flexibility index (Phi) is 5.45. The fourth-order valence-corrected chi connectivity index (χ4v) is 6.40. The lowest BCUT2D eigenvalue weighted by Gasteiger charge is -2.14. The summed E-state index contributed by atoms with van der Waals surface area (Å²) in [5.41, 5.74) is 7.77. The summed E-state index contributed by atoms with van der Waals surface area (Å²) >= 11 is 1.80. The van der Waals surface area contributed by atoms with Gasteiger partial charge >= 0.3 is 0 Å². The van der Waals surface area contributed by atoms with E-state index in [1.165, 1.54) is 42.7 Å². The van der Waals surface area contributed by atoms with Crippen LogP contribution >= 0.6 is 11.3 Å². The normalized spacial score (nSPS) is 14.5. The number of aromatic nitrogens is 1. The molecule has 1 aliphatic heterocycles. The number of hydrogen-bond donors (Lipinski definition) is 0. The molecular weight excluding hydrogens is 480 g/mol. The van der Waals surface area contributed by atoms with E-state index in [1.54, 1.807) is 11.3 Å². The first-order valence-corrected chi connectivity index (χ1v) is 13.8. The van der Waals surface area contributed by atoms with Crippen LogP contribution in [-0.2, 0) is 0 Å². The first-order valence-electron chi connectivity index (χ1n) is 12.9. The highest BCUT2D eigenvalue weighted by molar-refractivity contribution is 7.17. The first kappa shape index (κ1) is 22.7. The summed E-state index contributed by atoms with van der Waals surface area (Å²) in [5, 5.41) is 8.73. The number of fused-ring (bicyclic) bond motifs is 7. The molecule has 0 N–H and O–H groups in total. The number of benzene rings is 4. The topological polar surface area (TPSA) is 17.3 Å². The number of thiophene rings is 1. The molecule has 182 valence electrons. The summed E-state index contributed by atoms with van der Waals surface area (Å²) in [6.07, 6.45) is 11.0. The highest BCUT2D eigenvalue weighted by Crippen LogP contribution is 2.41. The van der Waals surface area contributed by atoms with Gasteiger partial charge in [0.2, 0.25) is 0 Å². The van der Waals surface area contributed by atoms with Crippen LogP contribution in [-0.4, -0.2) is 10.3 Å². The molecule has 0 unspecified atom stereocenters. The van der Waals surface area contributed by atoms with E-state index in [0.717, 1.165) is 34.7 Å². The van der Waals surface area contributed by atoms with E-state index in [1.807, 2.05) is 25.2 Å². The van der Waals surface area contributed by atoms with Crippen molar-refractivity contribution in [3.05, 3.63) is 132 Å². The molecule has 6 aromatic rings. The maximum absolute atomic E-state index is 4.92. The zero-order valence-electron chi connectivity index (χ0n) is 21.2. The average Bonchev–Trinajstić information content (AvgIpc) is 3.55. The fraction of sp³-hybridized carbons (Fsp3) is 0.0571. The molecule has 0 bridgehead atoms. The smallest absolute Gasteiger partial charge is 0.0708 e. The maximum atomic E-state index is 4.92. The minimum absolute atomic E-state index is 0.780. The van der Waals surface area contributed by atoms with E-state index in [2.05, 4.69) is 108 Å². The number of nitrogens with zero attached hydrogens (tertiary/aromatic N) is 2. The van der Waals surface area contributed by atoms with Gasteiger partial charge in [0.15, 0.2) is 0 Å². The Morgan fingerprint density at radius 1 is 0.842 bits per heavy atom. The Hall–Kier alpha value is -4.47. The second-order valence-corrected chi connectivity index (χ2v) is 10.7. The van der Waals surface area contributed by atoms with Crippen molar-refractivity contribution >= 4 is 65.4 Å². The lowest BCUT2D eigenvalue weighted by molar-refractivity contribution is 1.18. The van der Waals surface area contributed by atoms with E-state index in [9.17, 15) is 0 Å². The molecular formula is C35H26N2S. The zero-order valence-corrected chi connectivity index (χ0v) is 22.0. The molecule has 7 rings (SSSR count). The summed E-state index contributed by atoms with van der Waals surface area (Å²) in [6.45, 7) is 6.24. The third-order valence-electron chi connectivity index (χ3n) is 7.28. The molecule has 1 aliphatic rings. The van der Waals surface area contributed by atoms with Crippen molar-refractivity contribution in [2.45, 2.75) is 13.3 Å². The molecule has 3 heterocycles. The van der Waals surface area contributed by atoms with Crippen molar-refractivity contribution < 1.29 is 0 Å². The zero-order chi connectivity index (χ0) is 25.6. The highest BCUT2D eigenvalue weighted by atomic mass is 32.1. The molecule has 4 aromatic carbocycles. The molecule has 0 saturated heterocycles. The summed E-state index contributed by atoms with van der Waals surface area (Å²) in [7, 11) is 0. The molecule has 0 atom stereocenters. The number of rotatable bonds is 4. The van der Waals surface area contributed by atoms with Crippen LogP contribution in [0.3, 0.4) is 0 Å². The molecule has 2 aromatic heterocycles. The lowest BCUT2D eigenvalue weighted by atomic mass is 10.0. The van der Waals surface area contributed by atoms with Crippen molar-refractivity contribution in [2.75, 3.05) is 0 Å². The lowest BCUT2D eigenvalue weighted by Crippen LogP contribution is -2.02. The van der Waals surface area contributed by atoms with Crippen molar-refractivity contribution in [1.29, 1.82) is 0 Å². The number of allylic oxidation sites excluding steroid dienone is 6. The van der Waals surface area contributed by atoms with Crippen molar-refractivity contribution in [1.82, 2.24) is 4.57 Å². The summed E-state index contributed by atoms with van der Waals surface area (Å²) in [5.74, 6) is 0. The van der Waals surface area contributed by atoms with E-state index in [4.69, 9.17) is 4.99 Å². The Labute approximate surface area is 225 Å². The summed E-state index contributed by atoms with van der Waals surface area (Å²) in [6, 6.07) is 28.8. The Morgan fingerprint density at radius 2 is 1.63 bits per heavy atom. The highest BCUT2D eigenvalue weighted by Gasteiger charge is 2.18. The van der Waals surface area contributed by atoms with Crippen LogP contribution in [0.5, 0.6) is 0 Å². The largest absolute Gasteiger partial charge is 0.309 e. The second kappa shape index (κ2) is 9.13. The minimum atomic E-state index is 0.780. The van der Waals surface area contributed by atoms with E-state index in [0.29, 0.717) is 0 Å². The molecule has 0 saturated carbocycles. The fourth-order valence-electron chi connectivity index (χ4n) is 5.61. The van der Waals surface area contributed by atoms with Gasteiger partial charge in [-0.05, 0) is 77.2 Å². The van der Waals surface area contributed by atoms with Gasteiger partial charge in [0.1, 0.15) is 0 Å². The molecule has 0 amide bonds. The summed E-state index contributed by atoms with van der Waals surface area (Å²) < 4.78 is 3.72. The van der Waals surface area contributed by atoms with Gasteiger partial charge in [0, 0.05) is 44.2 Å². The number of hydrogen-bond acceptors (Lipinski definition) is 2.